The van der Waals surface area contributed by atoms with Crippen LogP contribution in [0.1, 0.15) is 30.4 Å². The molecule has 0 radical (unpaired) electrons. The van der Waals surface area contributed by atoms with E-state index in [1.807, 2.05) is 12.1 Å². The average molecular weight is 374 g/mol. The minimum Gasteiger partial charge on any atom is -0.482 e. The van der Waals surface area contributed by atoms with E-state index in [-0.39, 0.29) is 12.5 Å². The predicted molar refractivity (Wildman–Crippen MR) is 103 cm³/mol. The highest BCUT2D eigenvalue weighted by Gasteiger charge is 2.13. The number of likely N-dealkylation sites (tertiary alicyclic amines) is 1. The van der Waals surface area contributed by atoms with Crippen LogP contribution in [0.15, 0.2) is 48.5 Å². The first kappa shape index (κ1) is 18.7. The summed E-state index contributed by atoms with van der Waals surface area (Å²) in [7, 11) is 0. The monoisotopic (exact) mass is 373 g/mol. The number of quaternary nitrogens is 1. The Balaban J connectivity index is 1.41. The Morgan fingerprint density at radius 1 is 1.00 bits per heavy atom. The van der Waals surface area contributed by atoms with Gasteiger partial charge in [0, 0.05) is 12.1 Å². The molecule has 26 heavy (non-hydrogen) atoms. The van der Waals surface area contributed by atoms with Gasteiger partial charge in [-0.3, -0.25) is 4.79 Å². The van der Waals surface area contributed by atoms with Gasteiger partial charge >= 0.3 is 0 Å². The molecule has 1 heterocycles. The molecule has 0 atom stereocenters. The number of halogens is 1. The molecule has 1 amide bonds. The van der Waals surface area contributed by atoms with Gasteiger partial charge in [-0.25, -0.2) is 0 Å². The average Bonchev–Trinajstić information content (AvgIpc) is 2.68. The lowest BCUT2D eigenvalue weighted by atomic mass is 10.1. The minimum absolute atomic E-state index is 0.0415. The van der Waals surface area contributed by atoms with Gasteiger partial charge < -0.3 is 15.0 Å². The number of piperidine rings is 1. The number of hydrogen-bond donors (Lipinski definition) is 2. The van der Waals surface area contributed by atoms with Gasteiger partial charge in [-0.1, -0.05) is 48.0 Å². The Morgan fingerprint density at radius 3 is 2.42 bits per heavy atom. The van der Waals surface area contributed by atoms with Crippen molar-refractivity contribution in [1.82, 2.24) is 5.32 Å². The third kappa shape index (κ3) is 5.75. The van der Waals surface area contributed by atoms with E-state index in [1.54, 1.807) is 17.0 Å². The summed E-state index contributed by atoms with van der Waals surface area (Å²) in [4.78, 5) is 13.6. The van der Waals surface area contributed by atoms with Gasteiger partial charge in [-0.2, -0.15) is 0 Å². The summed E-state index contributed by atoms with van der Waals surface area (Å²) in [5.41, 5.74) is 2.45. The number of para-hydroxylation sites is 1. The van der Waals surface area contributed by atoms with E-state index in [9.17, 15) is 4.79 Å². The summed E-state index contributed by atoms with van der Waals surface area (Å²) in [6.07, 6.45) is 4.06. The van der Waals surface area contributed by atoms with Gasteiger partial charge in [0.05, 0.1) is 18.1 Å². The summed E-state index contributed by atoms with van der Waals surface area (Å²) in [5, 5.41) is 3.38. The van der Waals surface area contributed by atoms with E-state index in [2.05, 4.69) is 29.6 Å². The van der Waals surface area contributed by atoms with E-state index in [0.29, 0.717) is 17.3 Å². The van der Waals surface area contributed by atoms with Crippen molar-refractivity contribution in [2.24, 2.45) is 0 Å². The van der Waals surface area contributed by atoms with Crippen LogP contribution in [-0.4, -0.2) is 25.6 Å². The normalized spacial score (nSPS) is 14.8. The maximum absolute atomic E-state index is 11.9. The van der Waals surface area contributed by atoms with Crippen LogP contribution in [0.4, 0.5) is 0 Å². The van der Waals surface area contributed by atoms with Gasteiger partial charge in [0.1, 0.15) is 12.3 Å². The molecule has 0 saturated carbocycles. The summed E-state index contributed by atoms with van der Waals surface area (Å²) in [6, 6.07) is 15.7. The van der Waals surface area contributed by atoms with Crippen molar-refractivity contribution in [2.75, 3.05) is 19.7 Å². The number of ether oxygens (including phenoxy) is 1. The van der Waals surface area contributed by atoms with Gasteiger partial charge in [0.15, 0.2) is 6.61 Å². The van der Waals surface area contributed by atoms with E-state index in [1.165, 1.54) is 37.9 Å². The molecule has 0 unspecified atom stereocenters. The molecule has 0 bridgehead atoms. The fraction of sp³-hybridized carbons (Fsp3) is 0.381. The smallest absolute Gasteiger partial charge is 0.258 e. The molecule has 5 heteroatoms. The minimum atomic E-state index is -0.160. The molecule has 2 aromatic rings. The second-order valence-corrected chi connectivity index (χ2v) is 7.21. The third-order valence-corrected chi connectivity index (χ3v) is 5.04. The maximum Gasteiger partial charge on any atom is 0.258 e. The first-order valence-electron chi connectivity index (χ1n) is 9.26. The lowest BCUT2D eigenvalue weighted by Crippen LogP contribution is -3.11. The third-order valence-electron chi connectivity index (χ3n) is 4.72. The van der Waals surface area contributed by atoms with Crippen molar-refractivity contribution < 1.29 is 14.4 Å². The van der Waals surface area contributed by atoms with E-state index in [4.69, 9.17) is 16.3 Å². The molecular weight excluding hydrogens is 348 g/mol. The lowest BCUT2D eigenvalue weighted by molar-refractivity contribution is -0.918. The summed E-state index contributed by atoms with van der Waals surface area (Å²) in [6.45, 7) is 4.12. The second-order valence-electron chi connectivity index (χ2n) is 6.80. The Kier molecular flexibility index (Phi) is 6.92. The molecule has 0 aromatic heterocycles. The van der Waals surface area contributed by atoms with Crippen LogP contribution in [0.2, 0.25) is 5.02 Å². The maximum atomic E-state index is 11.9. The zero-order valence-corrected chi connectivity index (χ0v) is 15.7. The van der Waals surface area contributed by atoms with Crippen molar-refractivity contribution >= 4 is 17.5 Å². The van der Waals surface area contributed by atoms with E-state index in [0.717, 1.165) is 12.1 Å². The zero-order chi connectivity index (χ0) is 18.2. The fourth-order valence-electron chi connectivity index (χ4n) is 3.25. The fourth-order valence-corrected chi connectivity index (χ4v) is 3.44. The Bertz CT molecular complexity index is 712. The van der Waals surface area contributed by atoms with Gasteiger partial charge in [-0.15, -0.1) is 0 Å². The molecule has 0 spiro atoms. The van der Waals surface area contributed by atoms with Crippen molar-refractivity contribution in [3.63, 3.8) is 0 Å². The number of benzene rings is 2. The first-order valence-corrected chi connectivity index (χ1v) is 9.64. The molecule has 1 aliphatic heterocycles. The molecule has 1 fully saturated rings. The second kappa shape index (κ2) is 9.60. The molecule has 0 aliphatic carbocycles. The molecule has 2 aromatic carbocycles. The summed E-state index contributed by atoms with van der Waals surface area (Å²) >= 11 is 6.01. The van der Waals surface area contributed by atoms with Crippen molar-refractivity contribution in [1.29, 1.82) is 0 Å². The SMILES string of the molecule is O=C(COc1ccccc1Cl)NCc1ccc(C[NH+]2CCCCC2)cc1. The standard InChI is InChI=1S/C21H25ClN2O2/c22-19-6-2-3-7-20(19)26-16-21(25)23-14-17-8-10-18(11-9-17)15-24-12-4-1-5-13-24/h2-3,6-11H,1,4-5,12-16H2,(H,23,25)/p+1. The van der Waals surface area contributed by atoms with E-state index < -0.39 is 0 Å². The molecule has 138 valence electrons. The van der Waals surface area contributed by atoms with Crippen LogP contribution >= 0.6 is 11.6 Å². The Hall–Kier alpha value is -2.04. The number of carbonyl (C=O) groups excluding carboxylic acids is 1. The lowest BCUT2D eigenvalue weighted by Gasteiger charge is -2.23. The van der Waals surface area contributed by atoms with Crippen LogP contribution in [0, 0.1) is 0 Å². The van der Waals surface area contributed by atoms with Gasteiger partial charge in [0.25, 0.3) is 5.91 Å². The number of amides is 1. The van der Waals surface area contributed by atoms with Gasteiger partial charge in [0.2, 0.25) is 0 Å². The highest BCUT2D eigenvalue weighted by atomic mass is 35.5. The zero-order valence-electron chi connectivity index (χ0n) is 15.0. The largest absolute Gasteiger partial charge is 0.482 e. The topological polar surface area (TPSA) is 42.8 Å². The van der Waals surface area contributed by atoms with Crippen LogP contribution in [-0.2, 0) is 17.9 Å². The number of carbonyl (C=O) groups is 1. The Morgan fingerprint density at radius 2 is 1.69 bits per heavy atom. The van der Waals surface area contributed by atoms with Crippen LogP contribution < -0.4 is 15.0 Å². The molecule has 1 saturated heterocycles. The van der Waals surface area contributed by atoms with Crippen LogP contribution in [0.25, 0.3) is 0 Å². The number of nitrogens with one attached hydrogen (secondary N) is 2. The number of hydrogen-bond acceptors (Lipinski definition) is 2. The summed E-state index contributed by atoms with van der Waals surface area (Å²) < 4.78 is 5.44. The summed E-state index contributed by atoms with van der Waals surface area (Å²) in [5.74, 6) is 0.362. The molecular formula is C21H26ClN2O2+. The predicted octanol–water partition coefficient (Wildman–Crippen LogP) is 2.60. The van der Waals surface area contributed by atoms with Crippen LogP contribution in [0.3, 0.4) is 0 Å². The van der Waals surface area contributed by atoms with Crippen molar-refractivity contribution in [3.05, 3.63) is 64.7 Å². The highest BCUT2D eigenvalue weighted by molar-refractivity contribution is 6.32. The van der Waals surface area contributed by atoms with Crippen LogP contribution in [0.5, 0.6) is 5.75 Å². The quantitative estimate of drug-likeness (QED) is 0.783. The van der Waals surface area contributed by atoms with Gasteiger partial charge in [-0.05, 0) is 37.0 Å². The first-order chi connectivity index (χ1) is 12.7. The molecule has 3 rings (SSSR count). The number of rotatable bonds is 7. The Labute approximate surface area is 160 Å². The molecule has 1 aliphatic rings. The van der Waals surface area contributed by atoms with Crippen molar-refractivity contribution in [3.8, 4) is 5.75 Å². The molecule has 4 nitrogen and oxygen atoms in total. The highest BCUT2D eigenvalue weighted by Crippen LogP contribution is 2.22. The van der Waals surface area contributed by atoms with E-state index >= 15 is 0 Å². The van der Waals surface area contributed by atoms with Crippen molar-refractivity contribution in [2.45, 2.75) is 32.4 Å². The molecule has 2 N–H and O–H groups in total.